The Kier molecular flexibility index (Phi) is 8.35. The molecule has 0 spiro atoms. The number of aliphatic carboxylic acids is 1. The number of fused-ring (bicyclic) bond motifs is 1. The molecule has 0 aliphatic carbocycles. The first kappa shape index (κ1) is 27.9. The normalized spacial score (nSPS) is 22.7. The summed E-state index contributed by atoms with van der Waals surface area (Å²) in [5.41, 5.74) is 0.660. The first-order chi connectivity index (χ1) is 18.6. The van der Waals surface area contributed by atoms with Gasteiger partial charge in [0.15, 0.2) is 11.5 Å². The molecule has 0 radical (unpaired) electrons. The molecule has 13 nitrogen and oxygen atoms in total. The van der Waals surface area contributed by atoms with E-state index >= 15 is 0 Å². The van der Waals surface area contributed by atoms with Gasteiger partial charge in [0.1, 0.15) is 48.6 Å². The average Bonchev–Trinajstić information content (AvgIpc) is 2.92. The lowest BCUT2D eigenvalue weighted by atomic mass is 9.99. The van der Waals surface area contributed by atoms with Crippen LogP contribution in [0.15, 0.2) is 51.9 Å². The van der Waals surface area contributed by atoms with Gasteiger partial charge >= 0.3 is 5.97 Å². The molecule has 0 amide bonds. The van der Waals surface area contributed by atoms with Gasteiger partial charge in [0.25, 0.3) is 0 Å². The van der Waals surface area contributed by atoms with E-state index in [4.69, 9.17) is 28.1 Å². The van der Waals surface area contributed by atoms with Crippen molar-refractivity contribution in [3.63, 3.8) is 0 Å². The standard InChI is InChI=1S/C26H26O13/c1-34-13-5-3-12(4-6-13)15-10-36-16-8-18(17(35-2)7-14(16)22(15)30)38-26-25(33)24(32)23(31)19(39-26)11-37-21(29)9-20(27)28/h3-8,10,19,23-26,31-33H,9,11H2,1-2H3,(H,27,28)/p-1. The van der Waals surface area contributed by atoms with Gasteiger partial charge in [0, 0.05) is 6.07 Å². The lowest BCUT2D eigenvalue weighted by molar-refractivity contribution is -0.305. The molecule has 2 aromatic carbocycles. The van der Waals surface area contributed by atoms with Gasteiger partial charge in [-0.3, -0.25) is 9.59 Å². The van der Waals surface area contributed by atoms with Crippen LogP contribution in [0, 0.1) is 0 Å². The number of hydrogen-bond donors (Lipinski definition) is 3. The van der Waals surface area contributed by atoms with E-state index in [-0.39, 0.29) is 27.9 Å². The van der Waals surface area contributed by atoms with Gasteiger partial charge in [-0.2, -0.15) is 0 Å². The van der Waals surface area contributed by atoms with E-state index in [1.807, 2.05) is 0 Å². The van der Waals surface area contributed by atoms with Crippen LogP contribution in [0.2, 0.25) is 0 Å². The lowest BCUT2D eigenvalue weighted by Gasteiger charge is -2.40. The summed E-state index contributed by atoms with van der Waals surface area (Å²) >= 11 is 0. The van der Waals surface area contributed by atoms with E-state index in [2.05, 4.69) is 0 Å². The minimum Gasteiger partial charge on any atom is -0.550 e. The highest BCUT2D eigenvalue weighted by molar-refractivity contribution is 5.89. The molecule has 1 fully saturated rings. The fourth-order valence-electron chi connectivity index (χ4n) is 3.98. The second-order valence-corrected chi connectivity index (χ2v) is 8.57. The number of rotatable bonds is 9. The van der Waals surface area contributed by atoms with E-state index in [9.17, 15) is 34.8 Å². The fraction of sp³-hybridized carbons (Fsp3) is 0.346. The van der Waals surface area contributed by atoms with E-state index in [0.29, 0.717) is 16.9 Å². The molecule has 5 atom stereocenters. The van der Waals surface area contributed by atoms with Crippen LogP contribution >= 0.6 is 0 Å². The van der Waals surface area contributed by atoms with Crippen molar-refractivity contribution < 1.29 is 58.1 Å². The highest BCUT2D eigenvalue weighted by atomic mass is 16.7. The molecule has 1 aliphatic rings. The van der Waals surface area contributed by atoms with Crippen molar-refractivity contribution >= 4 is 22.9 Å². The number of carbonyl (C=O) groups is 2. The Balaban J connectivity index is 1.59. The molecule has 1 aromatic heterocycles. The molecule has 3 aromatic rings. The molecule has 208 valence electrons. The molecule has 4 rings (SSSR count). The zero-order valence-electron chi connectivity index (χ0n) is 20.8. The largest absolute Gasteiger partial charge is 0.550 e. The number of aliphatic hydroxyl groups excluding tert-OH is 3. The third-order valence-corrected chi connectivity index (χ3v) is 6.07. The quantitative estimate of drug-likeness (QED) is 0.227. The zero-order chi connectivity index (χ0) is 28.3. The van der Waals surface area contributed by atoms with Crippen LogP contribution in [-0.4, -0.2) is 78.8 Å². The molecular weight excluding hydrogens is 520 g/mol. The maximum Gasteiger partial charge on any atom is 0.311 e. The molecule has 1 saturated heterocycles. The number of aliphatic hydroxyl groups is 3. The third-order valence-electron chi connectivity index (χ3n) is 6.07. The molecule has 0 bridgehead atoms. The van der Waals surface area contributed by atoms with E-state index in [0.717, 1.165) is 0 Å². The first-order valence-electron chi connectivity index (χ1n) is 11.6. The van der Waals surface area contributed by atoms with Gasteiger partial charge in [-0.15, -0.1) is 0 Å². The van der Waals surface area contributed by atoms with E-state index in [1.54, 1.807) is 24.3 Å². The van der Waals surface area contributed by atoms with Crippen LogP contribution in [0.4, 0.5) is 0 Å². The number of carboxylic acids is 1. The highest BCUT2D eigenvalue weighted by Crippen LogP contribution is 2.35. The van der Waals surface area contributed by atoms with Crippen LogP contribution in [0.25, 0.3) is 22.1 Å². The summed E-state index contributed by atoms with van der Waals surface area (Å²) in [6.45, 7) is -0.644. The molecule has 2 heterocycles. The average molecular weight is 545 g/mol. The van der Waals surface area contributed by atoms with E-state index in [1.165, 1.54) is 32.6 Å². The number of esters is 1. The first-order valence-corrected chi connectivity index (χ1v) is 11.6. The Morgan fingerprint density at radius 1 is 0.974 bits per heavy atom. The van der Waals surface area contributed by atoms with Crippen molar-refractivity contribution in [1.29, 1.82) is 0 Å². The summed E-state index contributed by atoms with van der Waals surface area (Å²) < 4.78 is 32.1. The lowest BCUT2D eigenvalue weighted by Crippen LogP contribution is -2.60. The molecule has 13 heteroatoms. The van der Waals surface area contributed by atoms with Crippen molar-refractivity contribution in [2.45, 2.75) is 37.1 Å². The van der Waals surface area contributed by atoms with Crippen LogP contribution in [0.3, 0.4) is 0 Å². The highest BCUT2D eigenvalue weighted by Gasteiger charge is 2.45. The number of carbonyl (C=O) groups excluding carboxylic acids is 2. The van der Waals surface area contributed by atoms with Crippen molar-refractivity contribution in [2.24, 2.45) is 0 Å². The van der Waals surface area contributed by atoms with Crippen LogP contribution < -0.4 is 24.7 Å². The fourth-order valence-corrected chi connectivity index (χ4v) is 3.98. The Morgan fingerprint density at radius 3 is 2.33 bits per heavy atom. The molecule has 5 unspecified atom stereocenters. The predicted octanol–water partition coefficient (Wildman–Crippen LogP) is -0.653. The van der Waals surface area contributed by atoms with Crippen LogP contribution in [0.5, 0.6) is 17.2 Å². The van der Waals surface area contributed by atoms with E-state index < -0.39 is 55.7 Å². The van der Waals surface area contributed by atoms with Crippen molar-refractivity contribution in [1.82, 2.24) is 0 Å². The third kappa shape index (κ3) is 5.96. The smallest absolute Gasteiger partial charge is 0.311 e. The monoisotopic (exact) mass is 545 g/mol. The minimum absolute atomic E-state index is 0.0364. The maximum atomic E-state index is 13.2. The van der Waals surface area contributed by atoms with Crippen molar-refractivity contribution in [3.05, 3.63) is 52.9 Å². The summed E-state index contributed by atoms with van der Waals surface area (Å²) in [5, 5.41) is 41.6. The summed E-state index contributed by atoms with van der Waals surface area (Å²) in [6.07, 6.45) is -7.92. The molecule has 39 heavy (non-hydrogen) atoms. The Bertz CT molecular complexity index is 1400. The number of methoxy groups -OCH3 is 2. The summed E-state index contributed by atoms with van der Waals surface area (Å²) in [7, 11) is 2.85. The Hall–Kier alpha value is -4.17. The van der Waals surface area contributed by atoms with Gasteiger partial charge < -0.3 is 53.3 Å². The van der Waals surface area contributed by atoms with Gasteiger partial charge in [0.05, 0.1) is 37.6 Å². The molecule has 1 aliphatic heterocycles. The summed E-state index contributed by atoms with van der Waals surface area (Å²) in [5.74, 6) is -2.16. The van der Waals surface area contributed by atoms with Gasteiger partial charge in [-0.05, 0) is 23.8 Å². The van der Waals surface area contributed by atoms with Crippen molar-refractivity contribution in [2.75, 3.05) is 20.8 Å². The minimum atomic E-state index is -1.77. The zero-order valence-corrected chi connectivity index (χ0v) is 20.8. The van der Waals surface area contributed by atoms with Crippen molar-refractivity contribution in [3.8, 4) is 28.4 Å². The summed E-state index contributed by atoms with van der Waals surface area (Å²) in [4.78, 5) is 35.3. The Labute approximate surface area is 220 Å². The topological polar surface area (TPSA) is 194 Å². The van der Waals surface area contributed by atoms with Crippen LogP contribution in [-0.2, 0) is 19.1 Å². The second-order valence-electron chi connectivity index (χ2n) is 8.57. The molecular formula is C26H25O13-. The predicted molar refractivity (Wildman–Crippen MR) is 129 cm³/mol. The van der Waals surface area contributed by atoms with Gasteiger partial charge in [-0.1, -0.05) is 12.1 Å². The van der Waals surface area contributed by atoms with Gasteiger partial charge in [0.2, 0.25) is 11.7 Å². The van der Waals surface area contributed by atoms with Crippen LogP contribution in [0.1, 0.15) is 6.42 Å². The molecule has 0 saturated carbocycles. The number of ether oxygens (including phenoxy) is 5. The molecule has 3 N–H and O–H groups in total. The number of benzene rings is 2. The Morgan fingerprint density at radius 2 is 1.69 bits per heavy atom. The maximum absolute atomic E-state index is 13.2. The second kappa shape index (κ2) is 11.7. The van der Waals surface area contributed by atoms with Gasteiger partial charge in [-0.25, -0.2) is 0 Å². The summed E-state index contributed by atoms with van der Waals surface area (Å²) in [6, 6.07) is 9.53. The number of carboxylic acid groups (broad SMARTS) is 1. The number of hydrogen-bond acceptors (Lipinski definition) is 13. The SMILES string of the molecule is COc1ccc(-c2coc3cc(OC4OC(COC(=O)CC(=O)[O-])C(O)C(O)C4O)c(OC)cc3c2=O)cc1.